The maximum Gasteiger partial charge on any atom is 0.270 e. The number of thioether (sulfide) groups is 1. The zero-order valence-corrected chi connectivity index (χ0v) is 18.0. The normalized spacial score (nSPS) is 16.2. The number of hydrogen-bond donors (Lipinski definition) is 0. The minimum Gasteiger partial charge on any atom is -0.372 e. The lowest BCUT2D eigenvalue weighted by Crippen LogP contribution is -2.27. The summed E-state index contributed by atoms with van der Waals surface area (Å²) in [6.45, 7) is 8.17. The Labute approximate surface area is 176 Å². The van der Waals surface area contributed by atoms with E-state index < -0.39 is 0 Å². The maximum atomic E-state index is 12.9. The number of carbonyl (C=O) groups excluding carboxylic acids is 1. The number of benzene rings is 2. The van der Waals surface area contributed by atoms with E-state index in [2.05, 4.69) is 24.8 Å². The van der Waals surface area contributed by atoms with Crippen LogP contribution in [0.15, 0.2) is 71.2 Å². The zero-order chi connectivity index (χ0) is 20.1. The lowest BCUT2D eigenvalue weighted by Gasteiger charge is -2.22. The number of anilines is 2. The summed E-state index contributed by atoms with van der Waals surface area (Å²) in [5.41, 5.74) is 4.09. The summed E-state index contributed by atoms with van der Waals surface area (Å²) in [6, 6.07) is 18.1. The van der Waals surface area contributed by atoms with Crippen LogP contribution in [-0.4, -0.2) is 23.3 Å². The Kier molecular flexibility index (Phi) is 6.70. The fraction of sp³-hybridized carbons (Fsp3) is 0.217. The summed E-state index contributed by atoms with van der Waals surface area (Å²) in [6.07, 6.45) is 3.97. The molecule has 1 aliphatic heterocycles. The highest BCUT2D eigenvalue weighted by molar-refractivity contribution is 8.27. The van der Waals surface area contributed by atoms with Gasteiger partial charge in [0.25, 0.3) is 5.91 Å². The van der Waals surface area contributed by atoms with E-state index >= 15 is 0 Å². The molecule has 0 aliphatic carbocycles. The van der Waals surface area contributed by atoms with E-state index in [1.54, 1.807) is 4.90 Å². The first-order valence-corrected chi connectivity index (χ1v) is 10.6. The van der Waals surface area contributed by atoms with Crippen molar-refractivity contribution in [3.05, 3.63) is 76.7 Å². The largest absolute Gasteiger partial charge is 0.372 e. The molecule has 144 valence electrons. The molecule has 0 saturated carbocycles. The molecule has 0 bridgehead atoms. The molecular weight excluding hydrogens is 384 g/mol. The third-order valence-electron chi connectivity index (χ3n) is 4.58. The molecule has 3 nitrogen and oxygen atoms in total. The van der Waals surface area contributed by atoms with Gasteiger partial charge in [-0.2, -0.15) is 0 Å². The molecule has 5 heteroatoms. The van der Waals surface area contributed by atoms with Crippen molar-refractivity contribution >= 4 is 51.7 Å². The van der Waals surface area contributed by atoms with E-state index in [0.717, 1.165) is 35.6 Å². The summed E-state index contributed by atoms with van der Waals surface area (Å²) < 4.78 is 0.569. The highest BCUT2D eigenvalue weighted by atomic mass is 32.2. The highest BCUT2D eigenvalue weighted by Gasteiger charge is 2.33. The van der Waals surface area contributed by atoms with Crippen molar-refractivity contribution in [1.29, 1.82) is 0 Å². The van der Waals surface area contributed by atoms with Crippen LogP contribution in [0.1, 0.15) is 26.3 Å². The molecule has 0 aromatic heterocycles. The summed E-state index contributed by atoms with van der Waals surface area (Å²) in [7, 11) is 0. The lowest BCUT2D eigenvalue weighted by molar-refractivity contribution is -0.113. The average molecular weight is 409 g/mol. The van der Waals surface area contributed by atoms with E-state index in [9.17, 15) is 4.79 Å². The standard InChI is InChI=1S/C23H24N2OS2/c1-4-24(5-2)19-11-13-20(14-12-19)25-22(26)21(28-23(25)27)16-17(3)15-18-9-7-6-8-10-18/h6-16H,4-5H2,1-3H3/b17-15-,21-16-. The van der Waals surface area contributed by atoms with Crippen LogP contribution in [0, 0.1) is 0 Å². The van der Waals surface area contributed by atoms with Crippen molar-refractivity contribution in [2.45, 2.75) is 20.8 Å². The predicted molar refractivity (Wildman–Crippen MR) is 126 cm³/mol. The highest BCUT2D eigenvalue weighted by Crippen LogP contribution is 2.36. The Hall–Kier alpha value is -2.37. The third kappa shape index (κ3) is 4.54. The van der Waals surface area contributed by atoms with E-state index in [1.807, 2.05) is 67.6 Å². The van der Waals surface area contributed by atoms with Crippen LogP contribution in [0.4, 0.5) is 11.4 Å². The molecule has 0 spiro atoms. The molecule has 28 heavy (non-hydrogen) atoms. The summed E-state index contributed by atoms with van der Waals surface area (Å²) >= 11 is 6.84. The van der Waals surface area contributed by atoms with Gasteiger partial charge in [-0.3, -0.25) is 9.69 Å². The SMILES string of the molecule is CCN(CC)c1ccc(N2C(=O)/C(=C/C(C)=C\c3ccccc3)SC2=S)cc1. The first kappa shape index (κ1) is 20.4. The summed E-state index contributed by atoms with van der Waals surface area (Å²) in [5, 5.41) is 0. The Bertz CT molecular complexity index is 913. The van der Waals surface area contributed by atoms with Crippen molar-refractivity contribution in [3.63, 3.8) is 0 Å². The molecule has 2 aromatic rings. The van der Waals surface area contributed by atoms with Gasteiger partial charge in [0, 0.05) is 18.8 Å². The first-order valence-electron chi connectivity index (χ1n) is 9.39. The van der Waals surface area contributed by atoms with E-state index in [4.69, 9.17) is 12.2 Å². The molecular formula is C23H24N2OS2. The lowest BCUT2D eigenvalue weighted by atomic mass is 10.1. The zero-order valence-electron chi connectivity index (χ0n) is 16.4. The van der Waals surface area contributed by atoms with Gasteiger partial charge < -0.3 is 4.90 Å². The quantitative estimate of drug-likeness (QED) is 0.439. The van der Waals surface area contributed by atoms with Crippen LogP contribution >= 0.6 is 24.0 Å². The number of amides is 1. The minimum atomic E-state index is -0.0635. The molecule has 0 N–H and O–H groups in total. The predicted octanol–water partition coefficient (Wildman–Crippen LogP) is 5.88. The molecule has 1 fully saturated rings. The summed E-state index contributed by atoms with van der Waals surface area (Å²) in [4.78, 5) is 17.5. The molecule has 1 aliphatic rings. The molecule has 2 aromatic carbocycles. The fourth-order valence-corrected chi connectivity index (χ4v) is 4.50. The number of allylic oxidation sites excluding steroid dienone is 2. The number of thiocarbonyl (C=S) groups is 1. The molecule has 3 rings (SSSR count). The van der Waals surface area contributed by atoms with Gasteiger partial charge in [0.1, 0.15) is 0 Å². The monoisotopic (exact) mass is 408 g/mol. The van der Waals surface area contributed by atoms with Gasteiger partial charge in [0.2, 0.25) is 0 Å². The third-order valence-corrected chi connectivity index (χ3v) is 5.89. The fourth-order valence-electron chi connectivity index (χ4n) is 3.15. The van der Waals surface area contributed by atoms with Crippen molar-refractivity contribution in [2.75, 3.05) is 22.9 Å². The van der Waals surface area contributed by atoms with Gasteiger partial charge in [0.15, 0.2) is 4.32 Å². The second kappa shape index (κ2) is 9.22. The van der Waals surface area contributed by atoms with E-state index in [1.165, 1.54) is 11.8 Å². The van der Waals surface area contributed by atoms with Crippen molar-refractivity contribution in [3.8, 4) is 0 Å². The van der Waals surface area contributed by atoms with Crippen molar-refractivity contribution in [2.24, 2.45) is 0 Å². The van der Waals surface area contributed by atoms with E-state index in [0.29, 0.717) is 9.23 Å². The maximum absolute atomic E-state index is 12.9. The second-order valence-corrected chi connectivity index (χ2v) is 8.18. The van der Waals surface area contributed by atoms with Gasteiger partial charge in [-0.1, -0.05) is 60.4 Å². The van der Waals surface area contributed by atoms with E-state index in [-0.39, 0.29) is 5.91 Å². The van der Waals surface area contributed by atoms with Crippen LogP contribution in [-0.2, 0) is 4.79 Å². The Morgan fingerprint density at radius 1 is 1.07 bits per heavy atom. The molecule has 0 atom stereocenters. The molecule has 0 unspecified atom stereocenters. The van der Waals surface area contributed by atoms with Gasteiger partial charge in [-0.15, -0.1) is 0 Å². The second-order valence-electron chi connectivity index (χ2n) is 6.50. The van der Waals surface area contributed by atoms with Crippen LogP contribution in [0.5, 0.6) is 0 Å². The molecule has 1 saturated heterocycles. The molecule has 1 amide bonds. The average Bonchev–Trinajstić information content (AvgIpc) is 2.97. The van der Waals surface area contributed by atoms with Crippen LogP contribution in [0.25, 0.3) is 6.08 Å². The van der Waals surface area contributed by atoms with Gasteiger partial charge in [0.05, 0.1) is 10.6 Å². The van der Waals surface area contributed by atoms with Crippen molar-refractivity contribution in [1.82, 2.24) is 0 Å². The topological polar surface area (TPSA) is 23.6 Å². The number of nitrogens with zero attached hydrogens (tertiary/aromatic N) is 2. The van der Waals surface area contributed by atoms with Gasteiger partial charge in [-0.05, 0) is 62.2 Å². The molecule has 1 heterocycles. The first-order chi connectivity index (χ1) is 13.5. The Morgan fingerprint density at radius 2 is 1.71 bits per heavy atom. The van der Waals surface area contributed by atoms with Crippen LogP contribution in [0.2, 0.25) is 0 Å². The Balaban J connectivity index is 1.81. The van der Waals surface area contributed by atoms with Crippen molar-refractivity contribution < 1.29 is 4.79 Å². The van der Waals surface area contributed by atoms with Crippen LogP contribution in [0.3, 0.4) is 0 Å². The molecule has 0 radical (unpaired) electrons. The smallest absolute Gasteiger partial charge is 0.270 e. The van der Waals surface area contributed by atoms with Gasteiger partial charge in [-0.25, -0.2) is 0 Å². The van der Waals surface area contributed by atoms with Crippen LogP contribution < -0.4 is 9.80 Å². The minimum absolute atomic E-state index is 0.0635. The number of rotatable bonds is 6. The number of carbonyl (C=O) groups is 1. The summed E-state index contributed by atoms with van der Waals surface area (Å²) in [5.74, 6) is -0.0635. The number of hydrogen-bond acceptors (Lipinski definition) is 4. The Morgan fingerprint density at radius 3 is 2.32 bits per heavy atom. The van der Waals surface area contributed by atoms with Gasteiger partial charge >= 0.3 is 0 Å².